The van der Waals surface area contributed by atoms with E-state index in [0.29, 0.717) is 28.9 Å². The minimum absolute atomic E-state index is 0.0647. The van der Waals surface area contributed by atoms with Gasteiger partial charge in [-0.25, -0.2) is 9.59 Å². The SMILES string of the molecule is CCCCCC(=O)OC1c2cc3c(c4c2C(C(=O)C(=O)OC)(CO4)/C(=C\C(=O)OC)CC(C)C1C)OCO3. The molecule has 4 atom stereocenters. The molecule has 0 spiro atoms. The summed E-state index contributed by atoms with van der Waals surface area (Å²) in [6.45, 7) is 5.61. The van der Waals surface area contributed by atoms with Crippen molar-refractivity contribution in [2.45, 2.75) is 64.4 Å². The number of methoxy groups -OCH3 is 2. The van der Waals surface area contributed by atoms with Crippen LogP contribution >= 0.6 is 0 Å². The smallest absolute Gasteiger partial charge is 0.375 e. The minimum atomic E-state index is -1.71. The Hall–Kier alpha value is -3.56. The lowest BCUT2D eigenvalue weighted by atomic mass is 9.63. The number of unbranched alkanes of at least 4 members (excludes halogenated alkanes) is 2. The molecule has 0 amide bonds. The van der Waals surface area contributed by atoms with Crippen LogP contribution in [0.5, 0.6) is 17.2 Å². The molecule has 4 rings (SSSR count). The fourth-order valence-electron chi connectivity index (χ4n) is 5.49. The van der Waals surface area contributed by atoms with Crippen molar-refractivity contribution in [3.05, 3.63) is 28.8 Å². The van der Waals surface area contributed by atoms with E-state index in [-0.39, 0.29) is 55.5 Å². The summed E-state index contributed by atoms with van der Waals surface area (Å²) >= 11 is 0. The van der Waals surface area contributed by atoms with Crippen molar-refractivity contribution < 1.29 is 47.6 Å². The molecule has 1 aromatic carbocycles. The fraction of sp³-hybridized carbons (Fsp3) is 0.571. The summed E-state index contributed by atoms with van der Waals surface area (Å²) < 4.78 is 33.2. The van der Waals surface area contributed by atoms with Gasteiger partial charge in [0.2, 0.25) is 12.5 Å². The van der Waals surface area contributed by atoms with Crippen molar-refractivity contribution >= 4 is 23.7 Å². The van der Waals surface area contributed by atoms with Gasteiger partial charge in [0, 0.05) is 29.5 Å². The number of hydrogen-bond acceptors (Lipinski definition) is 10. The highest BCUT2D eigenvalue weighted by Crippen LogP contribution is 2.59. The molecule has 1 aliphatic carbocycles. The van der Waals surface area contributed by atoms with Crippen LogP contribution < -0.4 is 14.2 Å². The highest BCUT2D eigenvalue weighted by atomic mass is 16.7. The van der Waals surface area contributed by atoms with Crippen LogP contribution in [0.1, 0.15) is 70.1 Å². The first-order chi connectivity index (χ1) is 18.2. The standard InChI is InChI=1S/C28H34O10/c1-6-7-8-9-20(29)38-23-16(3)15(2)10-17(11-21(30)33-4)28(26(31)27(32)34-5)13-35-25-22(28)18(23)12-19-24(25)37-14-36-19/h11-12,15-16,23H,6-10,13-14H2,1-5H3/b17-11-. The lowest BCUT2D eigenvalue weighted by Crippen LogP contribution is -2.47. The van der Waals surface area contributed by atoms with Crippen LogP contribution in [-0.4, -0.2) is 51.3 Å². The van der Waals surface area contributed by atoms with Crippen molar-refractivity contribution in [2.75, 3.05) is 27.6 Å². The fourth-order valence-corrected chi connectivity index (χ4v) is 5.49. The average Bonchev–Trinajstić information content (AvgIpc) is 3.54. The number of ketones is 1. The number of benzene rings is 1. The maximum Gasteiger partial charge on any atom is 0.375 e. The second kappa shape index (κ2) is 11.0. The lowest BCUT2D eigenvalue weighted by molar-refractivity contribution is -0.155. The van der Waals surface area contributed by atoms with Crippen LogP contribution in [0.4, 0.5) is 0 Å². The number of rotatable bonds is 8. The third kappa shape index (κ3) is 4.61. The second-order valence-electron chi connectivity index (χ2n) is 10.0. The maximum atomic E-state index is 13.9. The Balaban J connectivity index is 1.98. The van der Waals surface area contributed by atoms with Gasteiger partial charge >= 0.3 is 17.9 Å². The molecule has 38 heavy (non-hydrogen) atoms. The number of Topliss-reactive ketones (excluding diaryl/α,β-unsaturated/α-hetero) is 1. The maximum absolute atomic E-state index is 13.9. The summed E-state index contributed by atoms with van der Waals surface area (Å²) in [6.07, 6.45) is 3.53. The van der Waals surface area contributed by atoms with Gasteiger partial charge in [-0.15, -0.1) is 0 Å². The van der Waals surface area contributed by atoms with Crippen molar-refractivity contribution in [3.63, 3.8) is 0 Å². The summed E-state index contributed by atoms with van der Waals surface area (Å²) in [5.74, 6) is -2.54. The van der Waals surface area contributed by atoms with Crippen LogP contribution in [0, 0.1) is 11.8 Å². The number of carbonyl (C=O) groups excluding carboxylic acids is 4. The molecule has 4 unspecified atom stereocenters. The van der Waals surface area contributed by atoms with E-state index in [2.05, 4.69) is 6.92 Å². The highest BCUT2D eigenvalue weighted by Gasteiger charge is 2.58. The Morgan fingerprint density at radius 1 is 1.05 bits per heavy atom. The minimum Gasteiger partial charge on any atom is -0.487 e. The lowest BCUT2D eigenvalue weighted by Gasteiger charge is -2.39. The monoisotopic (exact) mass is 530 g/mol. The molecular formula is C28H34O10. The van der Waals surface area contributed by atoms with Gasteiger partial charge in [-0.3, -0.25) is 9.59 Å². The first-order valence-electron chi connectivity index (χ1n) is 12.9. The largest absolute Gasteiger partial charge is 0.487 e. The molecule has 0 N–H and O–H groups in total. The van der Waals surface area contributed by atoms with Crippen LogP contribution in [0.2, 0.25) is 0 Å². The number of hydrogen-bond donors (Lipinski definition) is 0. The number of fused-ring (bicyclic) bond motifs is 2. The summed E-state index contributed by atoms with van der Waals surface area (Å²) in [4.78, 5) is 52.1. The van der Waals surface area contributed by atoms with Gasteiger partial charge in [0.05, 0.1) is 14.2 Å². The predicted molar refractivity (Wildman–Crippen MR) is 133 cm³/mol. The Kier molecular flexibility index (Phi) is 7.99. The Morgan fingerprint density at radius 2 is 1.82 bits per heavy atom. The van der Waals surface area contributed by atoms with Crippen molar-refractivity contribution in [1.82, 2.24) is 0 Å². The van der Waals surface area contributed by atoms with E-state index >= 15 is 0 Å². The summed E-state index contributed by atoms with van der Waals surface area (Å²) in [6, 6.07) is 1.68. The van der Waals surface area contributed by atoms with Gasteiger partial charge in [-0.05, 0) is 30.4 Å². The number of ether oxygens (including phenoxy) is 6. The molecule has 10 heteroatoms. The molecule has 0 saturated heterocycles. The first kappa shape index (κ1) is 27.5. The van der Waals surface area contributed by atoms with Crippen LogP contribution in [-0.2, 0) is 38.8 Å². The van der Waals surface area contributed by atoms with Gasteiger partial charge < -0.3 is 28.4 Å². The summed E-state index contributed by atoms with van der Waals surface area (Å²) in [5, 5.41) is 0. The Bertz CT molecular complexity index is 1170. The molecule has 2 heterocycles. The van der Waals surface area contributed by atoms with E-state index in [4.69, 9.17) is 28.4 Å². The molecule has 1 aromatic rings. The van der Waals surface area contributed by atoms with E-state index in [1.807, 2.05) is 13.8 Å². The highest BCUT2D eigenvalue weighted by molar-refractivity contribution is 6.38. The second-order valence-corrected chi connectivity index (χ2v) is 10.0. The van der Waals surface area contributed by atoms with Crippen molar-refractivity contribution in [3.8, 4) is 17.2 Å². The summed E-state index contributed by atoms with van der Waals surface area (Å²) in [5.41, 5.74) is -0.574. The zero-order valence-corrected chi connectivity index (χ0v) is 22.4. The van der Waals surface area contributed by atoms with Gasteiger partial charge in [0.15, 0.2) is 11.5 Å². The molecule has 206 valence electrons. The normalized spacial score (nSPS) is 26.0. The van der Waals surface area contributed by atoms with E-state index in [0.717, 1.165) is 20.0 Å². The molecule has 10 nitrogen and oxygen atoms in total. The Morgan fingerprint density at radius 3 is 2.50 bits per heavy atom. The molecule has 0 aromatic heterocycles. The zero-order chi connectivity index (χ0) is 27.6. The van der Waals surface area contributed by atoms with Crippen LogP contribution in [0.25, 0.3) is 0 Å². The van der Waals surface area contributed by atoms with Gasteiger partial charge in [0.1, 0.15) is 18.1 Å². The third-order valence-corrected chi connectivity index (χ3v) is 7.78. The number of carbonyl (C=O) groups is 4. The van der Waals surface area contributed by atoms with Crippen molar-refractivity contribution in [1.29, 1.82) is 0 Å². The molecule has 3 aliphatic rings. The topological polar surface area (TPSA) is 124 Å². The van der Waals surface area contributed by atoms with E-state index in [1.165, 1.54) is 13.2 Å². The number of esters is 3. The molecule has 2 aliphatic heterocycles. The average molecular weight is 531 g/mol. The molecular weight excluding hydrogens is 496 g/mol. The summed E-state index contributed by atoms with van der Waals surface area (Å²) in [7, 11) is 2.35. The predicted octanol–water partition coefficient (Wildman–Crippen LogP) is 3.73. The third-order valence-electron chi connectivity index (χ3n) is 7.78. The van der Waals surface area contributed by atoms with E-state index in [9.17, 15) is 19.2 Å². The molecule has 0 fully saturated rings. The van der Waals surface area contributed by atoms with Crippen LogP contribution in [0.3, 0.4) is 0 Å². The van der Waals surface area contributed by atoms with E-state index in [1.54, 1.807) is 6.07 Å². The van der Waals surface area contributed by atoms with Gasteiger partial charge in [-0.1, -0.05) is 33.6 Å². The Labute approximate surface area is 221 Å². The van der Waals surface area contributed by atoms with Crippen LogP contribution in [0.15, 0.2) is 17.7 Å². The molecule has 0 bridgehead atoms. The van der Waals surface area contributed by atoms with Crippen molar-refractivity contribution in [2.24, 2.45) is 11.8 Å². The van der Waals surface area contributed by atoms with E-state index < -0.39 is 29.2 Å². The molecule has 0 saturated carbocycles. The zero-order valence-electron chi connectivity index (χ0n) is 22.4. The molecule has 0 radical (unpaired) electrons. The van der Waals surface area contributed by atoms with Gasteiger partial charge in [0.25, 0.3) is 5.78 Å². The van der Waals surface area contributed by atoms with Gasteiger partial charge in [-0.2, -0.15) is 0 Å². The quantitative estimate of drug-likeness (QED) is 0.161. The first-order valence-corrected chi connectivity index (χ1v) is 12.9.